The van der Waals surface area contributed by atoms with Gasteiger partial charge in [-0.1, -0.05) is 49.7 Å². The van der Waals surface area contributed by atoms with Crippen LogP contribution in [0.15, 0.2) is 48.5 Å². The molecule has 0 bridgehead atoms. The number of carbonyl (C=O) groups excluding carboxylic acids is 3. The van der Waals surface area contributed by atoms with Gasteiger partial charge in [-0.05, 0) is 36.1 Å². The average molecular weight is 367 g/mol. The second-order valence-corrected chi connectivity index (χ2v) is 6.44. The molecule has 2 aromatic carbocycles. The lowest BCUT2D eigenvalue weighted by atomic mass is 10.0. The maximum atomic E-state index is 12.2. The SMILES string of the molecule is CCCCc1ccc(C(=O)COC(=O)Cc2ccc(NC(C)=O)cc2)cc1. The van der Waals surface area contributed by atoms with Gasteiger partial charge in [0.2, 0.25) is 5.91 Å². The van der Waals surface area contributed by atoms with Crippen molar-refractivity contribution in [2.24, 2.45) is 0 Å². The molecule has 5 nitrogen and oxygen atoms in total. The van der Waals surface area contributed by atoms with E-state index in [1.165, 1.54) is 12.5 Å². The number of unbranched alkanes of at least 4 members (excludes halogenated alkanes) is 1. The van der Waals surface area contributed by atoms with Gasteiger partial charge in [0.05, 0.1) is 6.42 Å². The molecule has 142 valence electrons. The van der Waals surface area contributed by atoms with E-state index in [2.05, 4.69) is 12.2 Å². The number of ether oxygens (including phenoxy) is 1. The summed E-state index contributed by atoms with van der Waals surface area (Å²) in [5.41, 5.74) is 3.16. The number of benzene rings is 2. The summed E-state index contributed by atoms with van der Waals surface area (Å²) in [6.45, 7) is 3.31. The van der Waals surface area contributed by atoms with E-state index in [4.69, 9.17) is 4.74 Å². The highest BCUT2D eigenvalue weighted by Crippen LogP contribution is 2.11. The summed E-state index contributed by atoms with van der Waals surface area (Å²) in [5, 5.41) is 2.66. The fraction of sp³-hybridized carbons (Fsp3) is 0.318. The third-order valence-electron chi connectivity index (χ3n) is 4.08. The van der Waals surface area contributed by atoms with Crippen molar-refractivity contribution in [3.05, 3.63) is 65.2 Å². The Morgan fingerprint density at radius 3 is 2.15 bits per heavy atom. The number of Topliss-reactive ketones (excluding diaryl/α,β-unsaturated/α-hetero) is 1. The molecule has 1 amide bonds. The molecule has 0 fully saturated rings. The Kier molecular flexibility index (Phi) is 7.74. The highest BCUT2D eigenvalue weighted by Gasteiger charge is 2.11. The largest absolute Gasteiger partial charge is 0.457 e. The van der Waals surface area contributed by atoms with Crippen molar-refractivity contribution in [1.82, 2.24) is 0 Å². The van der Waals surface area contributed by atoms with E-state index in [0.29, 0.717) is 11.3 Å². The van der Waals surface area contributed by atoms with Crippen LogP contribution in [0.2, 0.25) is 0 Å². The summed E-state index contributed by atoms with van der Waals surface area (Å²) in [6.07, 6.45) is 3.33. The average Bonchev–Trinajstić information content (AvgIpc) is 2.66. The zero-order valence-electron chi connectivity index (χ0n) is 15.8. The van der Waals surface area contributed by atoms with Crippen molar-refractivity contribution < 1.29 is 19.1 Å². The number of anilines is 1. The van der Waals surface area contributed by atoms with E-state index in [0.717, 1.165) is 24.8 Å². The maximum Gasteiger partial charge on any atom is 0.310 e. The van der Waals surface area contributed by atoms with Crippen molar-refractivity contribution in [3.8, 4) is 0 Å². The Labute approximate surface area is 159 Å². The first-order valence-corrected chi connectivity index (χ1v) is 9.12. The Morgan fingerprint density at radius 2 is 1.56 bits per heavy atom. The van der Waals surface area contributed by atoms with Crippen LogP contribution >= 0.6 is 0 Å². The quantitative estimate of drug-likeness (QED) is 0.538. The predicted molar refractivity (Wildman–Crippen MR) is 105 cm³/mol. The monoisotopic (exact) mass is 367 g/mol. The molecule has 0 saturated heterocycles. The van der Waals surface area contributed by atoms with E-state index in [9.17, 15) is 14.4 Å². The summed E-state index contributed by atoms with van der Waals surface area (Å²) in [6, 6.07) is 14.4. The van der Waals surface area contributed by atoms with Gasteiger partial charge in [-0.25, -0.2) is 0 Å². The Bertz CT molecular complexity index is 779. The smallest absolute Gasteiger partial charge is 0.310 e. The molecule has 5 heteroatoms. The lowest BCUT2D eigenvalue weighted by Crippen LogP contribution is -2.15. The molecule has 1 N–H and O–H groups in total. The van der Waals surface area contributed by atoms with Crippen molar-refractivity contribution in [2.75, 3.05) is 11.9 Å². The van der Waals surface area contributed by atoms with Crippen molar-refractivity contribution in [1.29, 1.82) is 0 Å². The van der Waals surface area contributed by atoms with Crippen LogP contribution in [-0.4, -0.2) is 24.3 Å². The molecule has 0 unspecified atom stereocenters. The predicted octanol–water partition coefficient (Wildman–Crippen LogP) is 3.96. The van der Waals surface area contributed by atoms with Crippen LogP contribution in [0.1, 0.15) is 48.2 Å². The van der Waals surface area contributed by atoms with Gasteiger partial charge < -0.3 is 10.1 Å². The zero-order valence-corrected chi connectivity index (χ0v) is 15.8. The molecule has 0 spiro atoms. The molecule has 0 radical (unpaired) electrons. The van der Waals surface area contributed by atoms with Gasteiger partial charge in [0, 0.05) is 18.2 Å². The van der Waals surface area contributed by atoms with Crippen LogP contribution in [0.4, 0.5) is 5.69 Å². The van der Waals surface area contributed by atoms with Crippen LogP contribution in [-0.2, 0) is 27.2 Å². The summed E-state index contributed by atoms with van der Waals surface area (Å²) in [7, 11) is 0. The molecule has 0 saturated carbocycles. The van der Waals surface area contributed by atoms with Gasteiger partial charge in [-0.3, -0.25) is 14.4 Å². The fourth-order valence-corrected chi connectivity index (χ4v) is 2.59. The molecule has 0 atom stereocenters. The number of amides is 1. The van der Waals surface area contributed by atoms with Gasteiger partial charge in [-0.2, -0.15) is 0 Å². The third kappa shape index (κ3) is 7.05. The molecule has 2 rings (SSSR count). The Morgan fingerprint density at radius 1 is 0.926 bits per heavy atom. The fourth-order valence-electron chi connectivity index (χ4n) is 2.59. The first-order chi connectivity index (χ1) is 13.0. The minimum atomic E-state index is -0.463. The molecule has 0 heterocycles. The number of esters is 1. The maximum absolute atomic E-state index is 12.2. The van der Waals surface area contributed by atoms with Crippen molar-refractivity contribution >= 4 is 23.3 Å². The first-order valence-electron chi connectivity index (χ1n) is 9.12. The van der Waals surface area contributed by atoms with Crippen LogP contribution < -0.4 is 5.32 Å². The second kappa shape index (κ2) is 10.3. The molecule has 0 aliphatic heterocycles. The minimum Gasteiger partial charge on any atom is -0.457 e. The van der Waals surface area contributed by atoms with Crippen LogP contribution in [0, 0.1) is 0 Å². The van der Waals surface area contributed by atoms with Crippen LogP contribution in [0.3, 0.4) is 0 Å². The Hall–Kier alpha value is -2.95. The molecule has 2 aromatic rings. The molecule has 0 aliphatic rings. The second-order valence-electron chi connectivity index (χ2n) is 6.44. The van der Waals surface area contributed by atoms with Gasteiger partial charge in [0.15, 0.2) is 12.4 Å². The highest BCUT2D eigenvalue weighted by atomic mass is 16.5. The normalized spacial score (nSPS) is 10.3. The molecular weight excluding hydrogens is 342 g/mol. The Balaban J connectivity index is 1.80. The number of aryl methyl sites for hydroxylation is 1. The van der Waals surface area contributed by atoms with E-state index in [1.807, 2.05) is 12.1 Å². The minimum absolute atomic E-state index is 0.0730. The van der Waals surface area contributed by atoms with Crippen LogP contribution in [0.5, 0.6) is 0 Å². The highest BCUT2D eigenvalue weighted by molar-refractivity contribution is 5.98. The zero-order chi connectivity index (χ0) is 19.6. The van der Waals surface area contributed by atoms with Gasteiger partial charge in [0.1, 0.15) is 0 Å². The molecule has 0 aliphatic carbocycles. The third-order valence-corrected chi connectivity index (χ3v) is 4.08. The number of carbonyl (C=O) groups is 3. The summed E-state index contributed by atoms with van der Waals surface area (Å²) in [4.78, 5) is 35.1. The molecule has 27 heavy (non-hydrogen) atoms. The van der Waals surface area contributed by atoms with E-state index >= 15 is 0 Å². The van der Waals surface area contributed by atoms with Crippen molar-refractivity contribution in [2.45, 2.75) is 39.5 Å². The van der Waals surface area contributed by atoms with Gasteiger partial charge in [0.25, 0.3) is 0 Å². The summed E-state index contributed by atoms with van der Waals surface area (Å²) >= 11 is 0. The standard InChI is InChI=1S/C22H25NO4/c1-3-4-5-17-6-10-19(11-7-17)21(25)15-27-22(26)14-18-8-12-20(13-9-18)23-16(2)24/h6-13H,3-5,14-15H2,1-2H3,(H,23,24). The number of hydrogen-bond donors (Lipinski definition) is 1. The van der Waals surface area contributed by atoms with Gasteiger partial charge >= 0.3 is 5.97 Å². The number of ketones is 1. The summed E-state index contributed by atoms with van der Waals surface area (Å²) < 4.78 is 5.09. The van der Waals surface area contributed by atoms with E-state index in [1.54, 1.807) is 36.4 Å². The topological polar surface area (TPSA) is 72.5 Å². The molecule has 0 aromatic heterocycles. The van der Waals surface area contributed by atoms with E-state index in [-0.39, 0.29) is 24.7 Å². The lowest BCUT2D eigenvalue weighted by molar-refractivity contribution is -0.141. The number of hydrogen-bond acceptors (Lipinski definition) is 4. The molecular formula is C22H25NO4. The number of rotatable bonds is 9. The van der Waals surface area contributed by atoms with Crippen LogP contribution in [0.25, 0.3) is 0 Å². The lowest BCUT2D eigenvalue weighted by Gasteiger charge is -2.07. The summed E-state index contributed by atoms with van der Waals surface area (Å²) in [5.74, 6) is -0.833. The van der Waals surface area contributed by atoms with Crippen molar-refractivity contribution in [3.63, 3.8) is 0 Å². The van der Waals surface area contributed by atoms with E-state index < -0.39 is 5.97 Å². The first kappa shape index (κ1) is 20.4. The van der Waals surface area contributed by atoms with Gasteiger partial charge in [-0.15, -0.1) is 0 Å². The number of nitrogens with one attached hydrogen (secondary N) is 1.